The van der Waals surface area contributed by atoms with Crippen molar-refractivity contribution in [3.63, 3.8) is 0 Å². The predicted molar refractivity (Wildman–Crippen MR) is 78.8 cm³/mol. The number of rotatable bonds is 4. The Labute approximate surface area is 120 Å². The van der Waals surface area contributed by atoms with E-state index in [9.17, 15) is 4.79 Å². The lowest BCUT2D eigenvalue weighted by Gasteiger charge is -2.32. The Morgan fingerprint density at radius 3 is 3.05 bits per heavy atom. The fourth-order valence-electron chi connectivity index (χ4n) is 3.10. The maximum Gasteiger partial charge on any atom is 0.228 e. The van der Waals surface area contributed by atoms with Crippen molar-refractivity contribution in [1.29, 1.82) is 0 Å². The second-order valence-electron chi connectivity index (χ2n) is 5.74. The molecule has 2 heterocycles. The van der Waals surface area contributed by atoms with Crippen molar-refractivity contribution in [2.75, 3.05) is 31.7 Å². The summed E-state index contributed by atoms with van der Waals surface area (Å²) in [7, 11) is 1.85. The third-order valence-corrected chi connectivity index (χ3v) is 4.39. The molecule has 108 valence electrons. The number of fused-ring (bicyclic) bond motifs is 1. The summed E-state index contributed by atoms with van der Waals surface area (Å²) in [5.41, 5.74) is 2.27. The van der Waals surface area contributed by atoms with Crippen LogP contribution in [0.15, 0.2) is 24.3 Å². The van der Waals surface area contributed by atoms with Crippen molar-refractivity contribution in [2.24, 2.45) is 5.92 Å². The number of hydrogen-bond acceptors (Lipinski definition) is 3. The Kier molecular flexibility index (Phi) is 4.03. The second-order valence-corrected chi connectivity index (χ2v) is 5.74. The van der Waals surface area contributed by atoms with E-state index in [1.807, 2.05) is 25.2 Å². The van der Waals surface area contributed by atoms with Crippen LogP contribution in [-0.4, -0.2) is 32.7 Å². The van der Waals surface area contributed by atoms with Gasteiger partial charge in [0, 0.05) is 38.4 Å². The van der Waals surface area contributed by atoms with Gasteiger partial charge in [0.1, 0.15) is 0 Å². The van der Waals surface area contributed by atoms with Gasteiger partial charge in [0.2, 0.25) is 5.91 Å². The Hall–Kier alpha value is -1.39. The molecule has 0 aromatic heterocycles. The molecule has 0 spiro atoms. The van der Waals surface area contributed by atoms with Gasteiger partial charge in [0.25, 0.3) is 0 Å². The molecular weight excluding hydrogens is 252 g/mol. The van der Waals surface area contributed by atoms with Gasteiger partial charge in [-0.15, -0.1) is 0 Å². The second kappa shape index (κ2) is 5.94. The van der Waals surface area contributed by atoms with E-state index >= 15 is 0 Å². The van der Waals surface area contributed by atoms with Crippen LogP contribution in [0.1, 0.15) is 30.9 Å². The smallest absolute Gasteiger partial charge is 0.228 e. The zero-order valence-electron chi connectivity index (χ0n) is 12.0. The first-order valence-electron chi connectivity index (χ1n) is 7.42. The summed E-state index contributed by atoms with van der Waals surface area (Å²) in [6.07, 6.45) is 2.85. The van der Waals surface area contributed by atoms with E-state index in [1.165, 1.54) is 12.0 Å². The van der Waals surface area contributed by atoms with Crippen LogP contribution in [0.3, 0.4) is 0 Å². The van der Waals surface area contributed by atoms with Crippen LogP contribution >= 0.6 is 0 Å². The molecule has 1 saturated heterocycles. The maximum atomic E-state index is 12.1. The van der Waals surface area contributed by atoms with E-state index in [0.29, 0.717) is 12.3 Å². The molecule has 3 rings (SSSR count). The highest BCUT2D eigenvalue weighted by Gasteiger charge is 2.28. The van der Waals surface area contributed by atoms with Gasteiger partial charge in [-0.2, -0.15) is 0 Å². The number of para-hydroxylation sites is 1. The number of carbonyl (C=O) groups excluding carboxylic acids is 1. The molecule has 4 nitrogen and oxygen atoms in total. The van der Waals surface area contributed by atoms with E-state index in [0.717, 1.165) is 31.9 Å². The summed E-state index contributed by atoms with van der Waals surface area (Å²) < 4.78 is 5.40. The molecule has 0 saturated carbocycles. The molecule has 0 bridgehead atoms. The first kappa shape index (κ1) is 13.6. The predicted octanol–water partition coefficient (Wildman–Crippen LogP) is 2.11. The topological polar surface area (TPSA) is 41.6 Å². The molecular formula is C16H22N2O2. The molecule has 4 heteroatoms. The third-order valence-electron chi connectivity index (χ3n) is 4.39. The van der Waals surface area contributed by atoms with Gasteiger partial charge in [-0.25, -0.2) is 0 Å². The monoisotopic (exact) mass is 274 g/mol. The van der Waals surface area contributed by atoms with Gasteiger partial charge in [-0.05, 0) is 36.9 Å². The van der Waals surface area contributed by atoms with E-state index in [2.05, 4.69) is 11.4 Å². The third kappa shape index (κ3) is 2.72. The summed E-state index contributed by atoms with van der Waals surface area (Å²) in [4.78, 5) is 13.8. The molecule has 1 fully saturated rings. The Morgan fingerprint density at radius 2 is 2.25 bits per heavy atom. The van der Waals surface area contributed by atoms with Crippen LogP contribution in [-0.2, 0) is 9.53 Å². The molecule has 0 radical (unpaired) electrons. The van der Waals surface area contributed by atoms with E-state index < -0.39 is 0 Å². The number of amides is 1. The molecule has 1 N–H and O–H groups in total. The SMILES string of the molecule is CN1C(=O)CC(NCCC2CCOC2)c2ccccc21. The average molecular weight is 274 g/mol. The number of carbonyl (C=O) groups is 1. The fourth-order valence-corrected chi connectivity index (χ4v) is 3.10. The zero-order valence-corrected chi connectivity index (χ0v) is 12.0. The first-order chi connectivity index (χ1) is 9.75. The fraction of sp³-hybridized carbons (Fsp3) is 0.562. The Morgan fingerprint density at radius 1 is 1.40 bits per heavy atom. The largest absolute Gasteiger partial charge is 0.381 e. The van der Waals surface area contributed by atoms with Crippen LogP contribution in [0, 0.1) is 5.92 Å². The van der Waals surface area contributed by atoms with Gasteiger partial charge in [-0.1, -0.05) is 18.2 Å². The number of benzene rings is 1. The molecule has 0 aliphatic carbocycles. The maximum absolute atomic E-state index is 12.1. The summed E-state index contributed by atoms with van der Waals surface area (Å²) in [5, 5.41) is 3.55. The van der Waals surface area contributed by atoms with Crippen molar-refractivity contribution in [2.45, 2.75) is 25.3 Å². The minimum absolute atomic E-state index is 0.150. The minimum atomic E-state index is 0.150. The highest BCUT2D eigenvalue weighted by Crippen LogP contribution is 2.33. The Bertz CT molecular complexity index is 483. The van der Waals surface area contributed by atoms with E-state index in [4.69, 9.17) is 4.74 Å². The highest BCUT2D eigenvalue weighted by molar-refractivity contribution is 5.96. The number of anilines is 1. The zero-order chi connectivity index (χ0) is 13.9. The van der Waals surface area contributed by atoms with Crippen LogP contribution in [0.25, 0.3) is 0 Å². The molecule has 2 unspecified atom stereocenters. The lowest BCUT2D eigenvalue weighted by atomic mass is 9.95. The molecule has 1 amide bonds. The standard InChI is InChI=1S/C16H22N2O2/c1-18-15-5-3-2-4-13(15)14(10-16(18)19)17-8-6-12-7-9-20-11-12/h2-5,12,14,17H,6-11H2,1H3. The molecule has 2 aliphatic rings. The van der Waals surface area contributed by atoms with E-state index in [1.54, 1.807) is 4.90 Å². The minimum Gasteiger partial charge on any atom is -0.381 e. The Balaban J connectivity index is 1.64. The number of hydrogen-bond donors (Lipinski definition) is 1. The normalized spacial score (nSPS) is 25.9. The molecule has 1 aromatic rings. The van der Waals surface area contributed by atoms with Crippen molar-refractivity contribution in [3.8, 4) is 0 Å². The number of nitrogens with one attached hydrogen (secondary N) is 1. The number of ether oxygens (including phenoxy) is 1. The lowest BCUT2D eigenvalue weighted by molar-refractivity contribution is -0.119. The summed E-state index contributed by atoms with van der Waals surface area (Å²) in [6, 6.07) is 8.32. The van der Waals surface area contributed by atoms with Crippen molar-refractivity contribution < 1.29 is 9.53 Å². The van der Waals surface area contributed by atoms with Gasteiger partial charge in [0.15, 0.2) is 0 Å². The van der Waals surface area contributed by atoms with Crippen molar-refractivity contribution in [1.82, 2.24) is 5.32 Å². The van der Waals surface area contributed by atoms with E-state index in [-0.39, 0.29) is 11.9 Å². The summed E-state index contributed by atoms with van der Waals surface area (Å²) in [5.74, 6) is 0.866. The van der Waals surface area contributed by atoms with Crippen LogP contribution in [0.5, 0.6) is 0 Å². The quantitative estimate of drug-likeness (QED) is 0.914. The van der Waals surface area contributed by atoms with Crippen molar-refractivity contribution >= 4 is 11.6 Å². The molecule has 2 aliphatic heterocycles. The molecule has 1 aromatic carbocycles. The van der Waals surface area contributed by atoms with Gasteiger partial charge in [-0.3, -0.25) is 4.79 Å². The van der Waals surface area contributed by atoms with Gasteiger partial charge < -0.3 is 15.0 Å². The van der Waals surface area contributed by atoms with Crippen LogP contribution < -0.4 is 10.2 Å². The highest BCUT2D eigenvalue weighted by atomic mass is 16.5. The van der Waals surface area contributed by atoms with Crippen molar-refractivity contribution in [3.05, 3.63) is 29.8 Å². The van der Waals surface area contributed by atoms with Crippen LogP contribution in [0.2, 0.25) is 0 Å². The van der Waals surface area contributed by atoms with Gasteiger partial charge >= 0.3 is 0 Å². The lowest BCUT2D eigenvalue weighted by Crippen LogP contribution is -2.38. The summed E-state index contributed by atoms with van der Waals surface area (Å²) >= 11 is 0. The summed E-state index contributed by atoms with van der Waals surface area (Å²) in [6.45, 7) is 2.74. The van der Waals surface area contributed by atoms with Crippen LogP contribution in [0.4, 0.5) is 5.69 Å². The molecule has 20 heavy (non-hydrogen) atoms. The number of nitrogens with zero attached hydrogens (tertiary/aromatic N) is 1. The first-order valence-corrected chi connectivity index (χ1v) is 7.42. The van der Waals surface area contributed by atoms with Gasteiger partial charge in [0.05, 0.1) is 0 Å². The average Bonchev–Trinajstić information content (AvgIpc) is 2.97. The molecule has 2 atom stereocenters.